The minimum absolute atomic E-state index is 0.0173. The highest BCUT2D eigenvalue weighted by Crippen LogP contribution is 2.45. The molecule has 0 radical (unpaired) electrons. The average Bonchev–Trinajstić information content (AvgIpc) is 3.17. The number of hydrogen-bond acceptors (Lipinski definition) is 2. The fraction of sp³-hybridized carbons (Fsp3) is 0.462. The molecule has 0 N–H and O–H groups in total. The Bertz CT molecular complexity index is 1130. The zero-order valence-electron chi connectivity index (χ0n) is 19.4. The first-order valence-corrected chi connectivity index (χ1v) is 11.3. The summed E-state index contributed by atoms with van der Waals surface area (Å²) in [5, 5.41) is 0.934. The van der Waals surface area contributed by atoms with Crippen molar-refractivity contribution in [2.45, 2.75) is 53.5 Å². The summed E-state index contributed by atoms with van der Waals surface area (Å²) in [5.74, 6) is 1.20. The van der Waals surface area contributed by atoms with Gasteiger partial charge in [-0.2, -0.15) is 0 Å². The Morgan fingerprint density at radius 1 is 1.10 bits per heavy atom. The van der Waals surface area contributed by atoms with Gasteiger partial charge >= 0.3 is 0 Å². The summed E-state index contributed by atoms with van der Waals surface area (Å²) in [5.41, 5.74) is 3.42. The third-order valence-electron chi connectivity index (χ3n) is 6.34. The van der Waals surface area contributed by atoms with E-state index in [-0.39, 0.29) is 17.3 Å². The van der Waals surface area contributed by atoms with E-state index in [9.17, 15) is 9.18 Å². The number of nitrogens with zero attached hydrogens (tertiary/aromatic N) is 3. The zero-order valence-corrected chi connectivity index (χ0v) is 19.4. The molecule has 1 aliphatic carbocycles. The molecule has 1 saturated heterocycles. The Morgan fingerprint density at radius 2 is 1.77 bits per heavy atom. The van der Waals surface area contributed by atoms with Crippen molar-refractivity contribution in [2.24, 2.45) is 11.8 Å². The molecule has 5 heteroatoms. The summed E-state index contributed by atoms with van der Waals surface area (Å²) in [6.45, 7) is 13.8. The van der Waals surface area contributed by atoms with Crippen molar-refractivity contribution in [2.75, 3.05) is 13.1 Å². The molecule has 0 bridgehead atoms. The summed E-state index contributed by atoms with van der Waals surface area (Å²) < 4.78 is 16.3. The van der Waals surface area contributed by atoms with Crippen LogP contribution in [0.15, 0.2) is 36.5 Å². The Labute approximate surface area is 184 Å². The number of hydrogen-bond donors (Lipinski definition) is 0. The van der Waals surface area contributed by atoms with Crippen LogP contribution < -0.4 is 0 Å². The molecule has 3 aromatic rings. The lowest BCUT2D eigenvalue weighted by Crippen LogP contribution is -2.31. The number of carbonyl (C=O) groups excluding carboxylic acids is 1. The number of piperidine rings is 1. The predicted octanol–water partition coefficient (Wildman–Crippen LogP) is 6.02. The van der Waals surface area contributed by atoms with E-state index in [4.69, 9.17) is 4.98 Å². The molecule has 164 valence electrons. The smallest absolute Gasteiger partial charge is 0.272 e. The number of likely N-dealkylation sites (tertiary alicyclic amines) is 1. The van der Waals surface area contributed by atoms with E-state index >= 15 is 0 Å². The predicted molar refractivity (Wildman–Crippen MR) is 124 cm³/mol. The highest BCUT2D eigenvalue weighted by atomic mass is 19.1. The molecule has 1 aromatic carbocycles. The second-order valence-corrected chi connectivity index (χ2v) is 9.58. The maximum atomic E-state index is 14.2. The quantitative estimate of drug-likeness (QED) is 0.507. The first-order chi connectivity index (χ1) is 14.7. The van der Waals surface area contributed by atoms with Crippen LogP contribution in [-0.2, 0) is 5.54 Å². The number of amides is 1. The molecule has 1 amide bonds. The van der Waals surface area contributed by atoms with Gasteiger partial charge in [-0.25, -0.2) is 9.37 Å². The number of pyridine rings is 1. The second kappa shape index (κ2) is 7.77. The Morgan fingerprint density at radius 3 is 2.39 bits per heavy atom. The third kappa shape index (κ3) is 3.86. The molecule has 0 spiro atoms. The summed E-state index contributed by atoms with van der Waals surface area (Å²) >= 11 is 0. The molecular formula is C26H32FN3O. The van der Waals surface area contributed by atoms with Crippen molar-refractivity contribution < 1.29 is 9.18 Å². The van der Waals surface area contributed by atoms with Gasteiger partial charge in [0.15, 0.2) is 0 Å². The normalized spacial score (nSPS) is 19.8. The van der Waals surface area contributed by atoms with Crippen molar-refractivity contribution >= 4 is 16.9 Å². The first-order valence-electron chi connectivity index (χ1n) is 11.3. The first kappa shape index (κ1) is 21.5. The molecule has 2 atom stereocenters. The molecule has 1 aliphatic heterocycles. The summed E-state index contributed by atoms with van der Waals surface area (Å²) in [6.07, 6.45) is 3.29. The lowest BCUT2D eigenvalue weighted by Gasteiger charge is -2.22. The van der Waals surface area contributed by atoms with Crippen LogP contribution >= 0.6 is 0 Å². The van der Waals surface area contributed by atoms with Crippen LogP contribution in [0, 0.1) is 24.6 Å². The Hall–Kier alpha value is -2.69. The van der Waals surface area contributed by atoms with Crippen LogP contribution in [0.2, 0.25) is 0 Å². The van der Waals surface area contributed by atoms with Crippen LogP contribution in [0.5, 0.6) is 0 Å². The second-order valence-electron chi connectivity index (χ2n) is 9.58. The van der Waals surface area contributed by atoms with Crippen LogP contribution in [0.4, 0.5) is 4.39 Å². The van der Waals surface area contributed by atoms with Crippen molar-refractivity contribution in [1.82, 2.24) is 14.5 Å². The molecule has 2 aliphatic rings. The monoisotopic (exact) mass is 421 g/mol. The van der Waals surface area contributed by atoms with Gasteiger partial charge in [0.2, 0.25) is 0 Å². The van der Waals surface area contributed by atoms with Crippen molar-refractivity contribution in [1.29, 1.82) is 0 Å². The number of aryl methyl sites for hydroxylation is 1. The maximum absolute atomic E-state index is 14.2. The van der Waals surface area contributed by atoms with E-state index in [2.05, 4.69) is 25.3 Å². The number of aromatic nitrogens is 2. The minimum Gasteiger partial charge on any atom is -0.337 e. The van der Waals surface area contributed by atoms with Gasteiger partial charge in [-0.3, -0.25) is 4.79 Å². The standard InChI is InChI=1S/C24H26FN3O.C2H6/c1-14-5-6-15(10-20(14)25)19-13-28(24(2,3)4)22-18(19)7-8-21(26-22)23(29)27-11-16-9-17(16)12-27;1-2/h5-8,10,13,16-17H,9,11-12H2,1-4H3;1-2H3. The molecule has 2 aromatic heterocycles. The van der Waals surface area contributed by atoms with Gasteiger partial charge in [0, 0.05) is 35.8 Å². The van der Waals surface area contributed by atoms with Gasteiger partial charge in [-0.15, -0.1) is 0 Å². The highest BCUT2D eigenvalue weighted by Gasteiger charge is 2.46. The van der Waals surface area contributed by atoms with Gasteiger partial charge < -0.3 is 9.47 Å². The van der Waals surface area contributed by atoms with Crippen LogP contribution in [0.3, 0.4) is 0 Å². The highest BCUT2D eigenvalue weighted by molar-refractivity contribution is 5.99. The number of rotatable bonds is 2. The van der Waals surface area contributed by atoms with Gasteiger partial charge in [0.1, 0.15) is 17.2 Å². The Balaban J connectivity index is 0.00000112. The molecule has 1 saturated carbocycles. The van der Waals surface area contributed by atoms with Gasteiger partial charge in [0.25, 0.3) is 5.91 Å². The SMILES string of the molecule is CC.Cc1ccc(-c2cn(C(C)(C)C)c3nc(C(=O)N4CC5CC5C4)ccc23)cc1F. The lowest BCUT2D eigenvalue weighted by molar-refractivity contribution is 0.0770. The zero-order chi connectivity index (χ0) is 22.5. The van der Waals surface area contributed by atoms with Crippen LogP contribution in [0.1, 0.15) is 57.1 Å². The maximum Gasteiger partial charge on any atom is 0.272 e. The molecule has 2 fully saturated rings. The summed E-state index contributed by atoms with van der Waals surface area (Å²) in [7, 11) is 0. The van der Waals surface area contributed by atoms with Crippen LogP contribution in [0.25, 0.3) is 22.2 Å². The number of benzene rings is 1. The molecular weight excluding hydrogens is 389 g/mol. The number of halogens is 1. The van der Waals surface area contributed by atoms with Crippen LogP contribution in [-0.4, -0.2) is 33.4 Å². The lowest BCUT2D eigenvalue weighted by atomic mass is 10.0. The van der Waals surface area contributed by atoms with E-state index in [0.29, 0.717) is 23.1 Å². The molecule has 4 nitrogen and oxygen atoms in total. The topological polar surface area (TPSA) is 38.1 Å². The van der Waals surface area contributed by atoms with E-state index in [1.54, 1.807) is 19.1 Å². The average molecular weight is 422 g/mol. The fourth-order valence-corrected chi connectivity index (χ4v) is 4.45. The fourth-order valence-electron chi connectivity index (χ4n) is 4.45. The van der Waals surface area contributed by atoms with E-state index in [1.807, 2.05) is 43.1 Å². The molecule has 5 rings (SSSR count). The van der Waals surface area contributed by atoms with E-state index < -0.39 is 0 Å². The van der Waals surface area contributed by atoms with Gasteiger partial charge in [0.05, 0.1) is 0 Å². The van der Waals surface area contributed by atoms with Crippen molar-refractivity contribution in [3.05, 3.63) is 53.6 Å². The number of carbonyl (C=O) groups is 1. The minimum atomic E-state index is -0.219. The number of fused-ring (bicyclic) bond motifs is 2. The molecule has 2 unspecified atom stereocenters. The van der Waals surface area contributed by atoms with Crippen molar-refractivity contribution in [3.63, 3.8) is 0 Å². The Kier molecular flexibility index (Phi) is 5.40. The summed E-state index contributed by atoms with van der Waals surface area (Å²) in [6, 6.07) is 9.09. The van der Waals surface area contributed by atoms with E-state index in [0.717, 1.165) is 35.2 Å². The van der Waals surface area contributed by atoms with E-state index in [1.165, 1.54) is 6.42 Å². The van der Waals surface area contributed by atoms with Gasteiger partial charge in [-0.05, 0) is 75.3 Å². The summed E-state index contributed by atoms with van der Waals surface area (Å²) in [4.78, 5) is 19.7. The third-order valence-corrected chi connectivity index (χ3v) is 6.34. The molecule has 3 heterocycles. The molecule has 31 heavy (non-hydrogen) atoms. The van der Waals surface area contributed by atoms with Crippen molar-refractivity contribution in [3.8, 4) is 11.1 Å². The van der Waals surface area contributed by atoms with Gasteiger partial charge in [-0.1, -0.05) is 26.0 Å². The largest absolute Gasteiger partial charge is 0.337 e.